The van der Waals surface area contributed by atoms with Gasteiger partial charge in [0.15, 0.2) is 0 Å². The van der Waals surface area contributed by atoms with E-state index in [1.54, 1.807) is 6.07 Å². The fourth-order valence-electron chi connectivity index (χ4n) is 3.25. The van der Waals surface area contributed by atoms with Crippen LogP contribution in [0.4, 0.5) is 20.3 Å². The zero-order valence-electron chi connectivity index (χ0n) is 20.2. The van der Waals surface area contributed by atoms with Crippen LogP contribution in [0, 0.1) is 0 Å². The maximum absolute atomic E-state index is 13.1. The van der Waals surface area contributed by atoms with Gasteiger partial charge in [0.2, 0.25) is 15.9 Å². The average molecular weight is 539 g/mol. The Balaban J connectivity index is 1.88. The summed E-state index contributed by atoms with van der Waals surface area (Å²) in [6.45, 7) is 5.61. The zero-order chi connectivity index (χ0) is 27.0. The Hall–Kier alpha value is -3.65. The minimum absolute atomic E-state index is 0.0128. The number of thiophene rings is 1. The minimum atomic E-state index is -3.80. The molecule has 0 saturated carbocycles. The number of imide groups is 1. The molecule has 1 aromatic carbocycles. The van der Waals surface area contributed by atoms with Gasteiger partial charge in [0.05, 0.1) is 16.8 Å². The van der Waals surface area contributed by atoms with Gasteiger partial charge < -0.3 is 15.2 Å². The minimum Gasteiger partial charge on any atom is -0.507 e. The van der Waals surface area contributed by atoms with E-state index in [-0.39, 0.29) is 35.0 Å². The molecule has 1 saturated heterocycles. The van der Waals surface area contributed by atoms with E-state index < -0.39 is 39.4 Å². The van der Waals surface area contributed by atoms with Gasteiger partial charge in [-0.15, -0.1) is 11.3 Å². The lowest BCUT2D eigenvalue weighted by atomic mass is 9.84. The molecule has 0 bridgehead atoms. The van der Waals surface area contributed by atoms with Crippen molar-refractivity contribution >= 4 is 56.0 Å². The van der Waals surface area contributed by atoms with E-state index >= 15 is 0 Å². The summed E-state index contributed by atoms with van der Waals surface area (Å²) in [7, 11) is -2.75. The second-order valence-corrected chi connectivity index (χ2v) is 12.0. The van der Waals surface area contributed by atoms with Crippen molar-refractivity contribution in [3.8, 4) is 11.5 Å². The molecule has 1 aliphatic rings. The summed E-state index contributed by atoms with van der Waals surface area (Å²) in [5.41, 5.74) is 0.0514. The number of phenols is 1. The predicted molar refractivity (Wildman–Crippen MR) is 133 cm³/mol. The fraction of sp³-hybridized carbons (Fsp3) is 0.364. The van der Waals surface area contributed by atoms with Crippen molar-refractivity contribution in [3.05, 3.63) is 34.7 Å². The van der Waals surface area contributed by atoms with Crippen LogP contribution in [-0.4, -0.2) is 61.6 Å². The SMILES string of the molecule is CN(C(=O)Oc1csc(NC(=O)c2cc(N3CCC(=O)NC3=O)cc(C(C)(C)C)c2O)c1)S(C)(=O)=O. The predicted octanol–water partition coefficient (Wildman–Crippen LogP) is 2.84. The number of carbonyl (C=O) groups is 4. The van der Waals surface area contributed by atoms with E-state index in [2.05, 4.69) is 10.6 Å². The molecule has 194 valence electrons. The maximum atomic E-state index is 13.1. The summed E-state index contributed by atoms with van der Waals surface area (Å²) in [5, 5.41) is 17.4. The summed E-state index contributed by atoms with van der Waals surface area (Å²) in [4.78, 5) is 50.3. The number of urea groups is 1. The van der Waals surface area contributed by atoms with Crippen LogP contribution < -0.4 is 20.3 Å². The van der Waals surface area contributed by atoms with Crippen LogP contribution >= 0.6 is 11.3 Å². The lowest BCUT2D eigenvalue weighted by Gasteiger charge is -2.29. The Kier molecular flexibility index (Phi) is 7.32. The largest absolute Gasteiger partial charge is 0.507 e. The smallest absolute Gasteiger partial charge is 0.428 e. The van der Waals surface area contributed by atoms with Crippen LogP contribution in [0.2, 0.25) is 0 Å². The van der Waals surface area contributed by atoms with Crippen molar-refractivity contribution < 1.29 is 37.4 Å². The highest BCUT2D eigenvalue weighted by Crippen LogP contribution is 2.38. The summed E-state index contributed by atoms with van der Waals surface area (Å²) in [5.74, 6) is -1.35. The van der Waals surface area contributed by atoms with Crippen molar-refractivity contribution in [1.82, 2.24) is 9.62 Å². The number of hydrogen-bond acceptors (Lipinski definition) is 9. The van der Waals surface area contributed by atoms with Gasteiger partial charge in [-0.2, -0.15) is 0 Å². The molecule has 0 aliphatic carbocycles. The van der Waals surface area contributed by atoms with Crippen molar-refractivity contribution in [2.45, 2.75) is 32.6 Å². The Bertz CT molecular complexity index is 1340. The second-order valence-electron chi connectivity index (χ2n) is 9.09. The number of rotatable bonds is 5. The summed E-state index contributed by atoms with van der Waals surface area (Å²) in [6.07, 6.45) is -0.179. The van der Waals surface area contributed by atoms with E-state index in [1.165, 1.54) is 22.4 Å². The van der Waals surface area contributed by atoms with Gasteiger partial charge >= 0.3 is 12.1 Å². The van der Waals surface area contributed by atoms with Gasteiger partial charge in [-0.3, -0.25) is 19.8 Å². The van der Waals surface area contributed by atoms with E-state index in [0.29, 0.717) is 15.6 Å². The summed E-state index contributed by atoms with van der Waals surface area (Å²) < 4.78 is 28.4. The third kappa shape index (κ3) is 5.94. The highest BCUT2D eigenvalue weighted by Gasteiger charge is 2.30. The molecule has 3 rings (SSSR count). The normalized spacial score (nSPS) is 14.3. The fourth-order valence-corrected chi connectivity index (χ4v) is 4.25. The van der Waals surface area contributed by atoms with Crippen LogP contribution in [0.5, 0.6) is 11.5 Å². The Morgan fingerprint density at radius 3 is 2.47 bits per heavy atom. The number of carbonyl (C=O) groups excluding carboxylic acids is 4. The first kappa shape index (κ1) is 26.9. The van der Waals surface area contributed by atoms with Crippen LogP contribution in [0.15, 0.2) is 23.6 Å². The molecule has 1 aromatic heterocycles. The van der Waals surface area contributed by atoms with Crippen molar-refractivity contribution in [3.63, 3.8) is 0 Å². The standard InChI is InChI=1S/C22H26N4O8S2/c1-22(2,3)15-9-12(26-7-6-16(27)23-20(26)30)8-14(18(15)28)19(29)24-17-10-13(11-35-17)34-21(31)25(4)36(5,32)33/h8-11,28H,6-7H2,1-5H3,(H,24,29)(H,23,27,30). The highest BCUT2D eigenvalue weighted by molar-refractivity contribution is 7.88. The Morgan fingerprint density at radius 1 is 1.22 bits per heavy atom. The number of nitrogens with one attached hydrogen (secondary N) is 2. The molecule has 36 heavy (non-hydrogen) atoms. The monoisotopic (exact) mass is 538 g/mol. The second kappa shape index (κ2) is 9.78. The van der Waals surface area contributed by atoms with Crippen molar-refractivity contribution in [2.24, 2.45) is 0 Å². The lowest BCUT2D eigenvalue weighted by molar-refractivity contribution is -0.120. The number of ether oxygens (including phenoxy) is 1. The molecular formula is C22H26N4O8S2. The highest BCUT2D eigenvalue weighted by atomic mass is 32.2. The molecule has 12 nitrogen and oxygen atoms in total. The van der Waals surface area contributed by atoms with Crippen LogP contribution in [0.1, 0.15) is 43.1 Å². The number of benzene rings is 1. The van der Waals surface area contributed by atoms with Crippen LogP contribution in [-0.2, 0) is 20.2 Å². The van der Waals surface area contributed by atoms with Crippen molar-refractivity contribution in [1.29, 1.82) is 0 Å². The van der Waals surface area contributed by atoms with Crippen LogP contribution in [0.25, 0.3) is 0 Å². The molecule has 2 aromatic rings. The molecule has 3 N–H and O–H groups in total. The Morgan fingerprint density at radius 2 is 1.89 bits per heavy atom. The first-order valence-electron chi connectivity index (χ1n) is 10.6. The number of anilines is 2. The molecule has 0 atom stereocenters. The van der Waals surface area contributed by atoms with Gasteiger partial charge in [-0.25, -0.2) is 22.3 Å². The zero-order valence-corrected chi connectivity index (χ0v) is 21.9. The number of sulfonamides is 1. The van der Waals surface area contributed by atoms with Gasteiger partial charge in [-0.05, 0) is 17.5 Å². The summed E-state index contributed by atoms with van der Waals surface area (Å²) >= 11 is 1.01. The molecule has 0 unspecified atom stereocenters. The molecule has 1 aliphatic heterocycles. The number of phenolic OH excluding ortho intramolecular Hbond substituents is 1. The molecule has 0 spiro atoms. The molecular weight excluding hydrogens is 512 g/mol. The topological polar surface area (TPSA) is 162 Å². The third-order valence-electron chi connectivity index (χ3n) is 5.28. The van der Waals surface area contributed by atoms with E-state index in [4.69, 9.17) is 4.74 Å². The third-order valence-corrected chi connectivity index (χ3v) is 7.25. The Labute approximate surface area is 211 Å². The number of nitrogens with zero attached hydrogens (tertiary/aromatic N) is 2. The van der Waals surface area contributed by atoms with Crippen LogP contribution in [0.3, 0.4) is 0 Å². The molecule has 2 heterocycles. The number of hydrogen-bond donors (Lipinski definition) is 3. The first-order chi connectivity index (χ1) is 16.6. The number of amides is 5. The molecule has 0 radical (unpaired) electrons. The lowest BCUT2D eigenvalue weighted by Crippen LogP contribution is -2.49. The van der Waals surface area contributed by atoms with E-state index in [0.717, 1.165) is 24.6 Å². The summed E-state index contributed by atoms with van der Waals surface area (Å²) in [6, 6.07) is 3.64. The van der Waals surface area contributed by atoms with E-state index in [9.17, 15) is 32.7 Å². The molecule has 14 heteroatoms. The van der Waals surface area contributed by atoms with Gasteiger partial charge in [-0.1, -0.05) is 20.8 Å². The number of aromatic hydroxyl groups is 1. The van der Waals surface area contributed by atoms with E-state index in [1.807, 2.05) is 20.8 Å². The molecule has 5 amide bonds. The maximum Gasteiger partial charge on any atom is 0.428 e. The van der Waals surface area contributed by atoms with Crippen molar-refractivity contribution in [2.75, 3.05) is 30.1 Å². The van der Waals surface area contributed by atoms with Gasteiger partial charge in [0, 0.05) is 42.7 Å². The average Bonchev–Trinajstić information content (AvgIpc) is 3.18. The van der Waals surface area contributed by atoms with Gasteiger partial charge in [0.1, 0.15) is 11.5 Å². The quantitative estimate of drug-likeness (QED) is 0.523. The first-order valence-corrected chi connectivity index (χ1v) is 13.3. The van der Waals surface area contributed by atoms with Gasteiger partial charge in [0.25, 0.3) is 5.91 Å². The molecule has 1 fully saturated rings.